The molecule has 0 spiro atoms. The van der Waals surface area contributed by atoms with E-state index in [-0.39, 0.29) is 18.9 Å². The van der Waals surface area contributed by atoms with Gasteiger partial charge < -0.3 is 4.90 Å². The Morgan fingerprint density at radius 2 is 2.00 bits per heavy atom. The fourth-order valence-electron chi connectivity index (χ4n) is 1.27. The summed E-state index contributed by atoms with van der Waals surface area (Å²) < 4.78 is 37.5. The molecule has 0 saturated heterocycles. The van der Waals surface area contributed by atoms with Crippen LogP contribution in [0.25, 0.3) is 0 Å². The van der Waals surface area contributed by atoms with Crippen LogP contribution in [0.2, 0.25) is 0 Å². The summed E-state index contributed by atoms with van der Waals surface area (Å²) in [5.74, 6) is -2.12. The number of carbonyl (C=O) groups is 2. The minimum Gasteiger partial charge on any atom is -0.349 e. The van der Waals surface area contributed by atoms with Gasteiger partial charge in [0.05, 0.1) is 6.20 Å². The number of carbonyl (C=O) groups excluding carboxylic acids is 2. The quantitative estimate of drug-likeness (QED) is 0.750. The predicted molar refractivity (Wildman–Crippen MR) is 58.3 cm³/mol. The minimum atomic E-state index is -4.96. The highest BCUT2D eigenvalue weighted by molar-refractivity contribution is 5.98. The lowest BCUT2D eigenvalue weighted by molar-refractivity contribution is -0.128. The highest BCUT2D eigenvalue weighted by Crippen LogP contribution is 2.19. The zero-order chi connectivity index (χ0) is 14.6. The molecular weight excluding hydrogens is 265 g/mol. The third kappa shape index (κ3) is 4.34. The van der Waals surface area contributed by atoms with E-state index in [9.17, 15) is 22.8 Å². The number of alkyl halides is 3. The van der Waals surface area contributed by atoms with Crippen molar-refractivity contribution >= 4 is 11.7 Å². The Kier molecular flexibility index (Phi) is 4.62. The second-order valence-corrected chi connectivity index (χ2v) is 4.09. The van der Waals surface area contributed by atoms with Gasteiger partial charge in [-0.3, -0.25) is 14.3 Å². The van der Waals surface area contributed by atoms with Gasteiger partial charge in [-0.1, -0.05) is 5.21 Å². The van der Waals surface area contributed by atoms with Crippen molar-refractivity contribution < 1.29 is 22.8 Å². The Bertz CT molecular complexity index is 468. The minimum absolute atomic E-state index is 0.0910. The number of Topliss-reactive ketones (excluding diaryl/α,β-unsaturated/α-hetero) is 1. The lowest BCUT2D eigenvalue weighted by atomic mass is 10.3. The van der Waals surface area contributed by atoms with Gasteiger partial charge in [-0.05, 0) is 6.42 Å². The summed E-state index contributed by atoms with van der Waals surface area (Å²) in [5.41, 5.74) is -0.744. The molecule has 0 N–H and O–H groups in total. The van der Waals surface area contributed by atoms with Crippen molar-refractivity contribution in [2.24, 2.45) is 0 Å². The molecule has 0 aromatic carbocycles. The van der Waals surface area contributed by atoms with Crippen molar-refractivity contribution in [2.75, 3.05) is 14.1 Å². The molecule has 0 atom stereocenters. The molecular formula is C10H13F3N4O2. The SMILES string of the molecule is CN(C)C(=O)CCCn1cc(C(=O)C(F)(F)F)nn1. The Hall–Kier alpha value is -1.93. The largest absolute Gasteiger partial charge is 0.456 e. The van der Waals surface area contributed by atoms with Crippen molar-refractivity contribution in [3.8, 4) is 0 Å². The zero-order valence-electron chi connectivity index (χ0n) is 10.4. The molecule has 1 rings (SSSR count). The monoisotopic (exact) mass is 278 g/mol. The van der Waals surface area contributed by atoms with Crippen LogP contribution in [0.5, 0.6) is 0 Å². The van der Waals surface area contributed by atoms with E-state index in [2.05, 4.69) is 10.3 Å². The van der Waals surface area contributed by atoms with E-state index < -0.39 is 17.7 Å². The molecule has 0 aliphatic heterocycles. The van der Waals surface area contributed by atoms with Crippen LogP contribution in [-0.2, 0) is 11.3 Å². The van der Waals surface area contributed by atoms with E-state index in [0.29, 0.717) is 6.42 Å². The number of aryl methyl sites for hydroxylation is 1. The molecule has 0 fully saturated rings. The third-order valence-electron chi connectivity index (χ3n) is 2.31. The van der Waals surface area contributed by atoms with Crippen molar-refractivity contribution in [1.29, 1.82) is 0 Å². The van der Waals surface area contributed by atoms with Gasteiger partial charge in [0.2, 0.25) is 5.91 Å². The van der Waals surface area contributed by atoms with Crippen LogP contribution in [-0.4, -0.2) is 51.9 Å². The second-order valence-electron chi connectivity index (χ2n) is 4.09. The van der Waals surface area contributed by atoms with Gasteiger partial charge in [-0.15, -0.1) is 5.10 Å². The van der Waals surface area contributed by atoms with Crippen LogP contribution >= 0.6 is 0 Å². The molecule has 0 aliphatic rings. The Balaban J connectivity index is 2.52. The van der Waals surface area contributed by atoms with Crippen molar-refractivity contribution in [3.63, 3.8) is 0 Å². The molecule has 1 heterocycles. The number of amides is 1. The topological polar surface area (TPSA) is 68.1 Å². The number of rotatable bonds is 5. The van der Waals surface area contributed by atoms with E-state index in [0.717, 1.165) is 10.9 Å². The summed E-state index contributed by atoms with van der Waals surface area (Å²) in [5, 5.41) is 6.58. The van der Waals surface area contributed by atoms with Crippen molar-refractivity contribution in [2.45, 2.75) is 25.6 Å². The normalized spacial score (nSPS) is 11.4. The molecule has 9 heteroatoms. The van der Waals surface area contributed by atoms with Crippen LogP contribution in [0.4, 0.5) is 13.2 Å². The predicted octanol–water partition coefficient (Wildman–Crippen LogP) is 0.891. The van der Waals surface area contributed by atoms with Gasteiger partial charge in [0.25, 0.3) is 5.78 Å². The van der Waals surface area contributed by atoms with Crippen LogP contribution in [0.3, 0.4) is 0 Å². The summed E-state index contributed by atoms with van der Waals surface area (Å²) in [4.78, 5) is 23.5. The maximum absolute atomic E-state index is 12.1. The highest BCUT2D eigenvalue weighted by atomic mass is 19.4. The molecule has 19 heavy (non-hydrogen) atoms. The molecule has 106 valence electrons. The van der Waals surface area contributed by atoms with Gasteiger partial charge in [-0.25, -0.2) is 0 Å². The molecule has 1 aromatic rings. The summed E-state index contributed by atoms with van der Waals surface area (Å²) in [6.07, 6.45) is -3.38. The average Bonchev–Trinajstić information content (AvgIpc) is 2.75. The lowest BCUT2D eigenvalue weighted by Gasteiger charge is -2.09. The Labute approximate surface area is 107 Å². The van der Waals surface area contributed by atoms with E-state index in [1.54, 1.807) is 14.1 Å². The second kappa shape index (κ2) is 5.81. The van der Waals surface area contributed by atoms with Crippen molar-refractivity contribution in [1.82, 2.24) is 19.9 Å². The molecule has 0 aliphatic carbocycles. The van der Waals surface area contributed by atoms with Crippen LogP contribution in [0.1, 0.15) is 23.3 Å². The lowest BCUT2D eigenvalue weighted by Crippen LogP contribution is -2.23. The van der Waals surface area contributed by atoms with Gasteiger partial charge in [0, 0.05) is 27.1 Å². The van der Waals surface area contributed by atoms with Crippen LogP contribution < -0.4 is 0 Å². The van der Waals surface area contributed by atoms with Gasteiger partial charge in [0.1, 0.15) is 0 Å². The number of aromatic nitrogens is 3. The summed E-state index contributed by atoms with van der Waals surface area (Å²) in [6, 6.07) is 0. The van der Waals surface area contributed by atoms with Crippen molar-refractivity contribution in [3.05, 3.63) is 11.9 Å². The highest BCUT2D eigenvalue weighted by Gasteiger charge is 2.41. The summed E-state index contributed by atoms with van der Waals surface area (Å²) >= 11 is 0. The smallest absolute Gasteiger partial charge is 0.349 e. The van der Waals surface area contributed by atoms with Gasteiger partial charge >= 0.3 is 6.18 Å². The zero-order valence-corrected chi connectivity index (χ0v) is 10.4. The molecule has 0 radical (unpaired) electrons. The summed E-state index contributed by atoms with van der Waals surface area (Å²) in [7, 11) is 3.22. The first-order valence-corrected chi connectivity index (χ1v) is 5.43. The number of halogens is 3. The molecule has 6 nitrogen and oxygen atoms in total. The Morgan fingerprint density at radius 1 is 1.37 bits per heavy atom. The van der Waals surface area contributed by atoms with E-state index >= 15 is 0 Å². The average molecular weight is 278 g/mol. The number of hydrogen-bond donors (Lipinski definition) is 0. The first kappa shape index (κ1) is 15.1. The maximum Gasteiger partial charge on any atom is 0.456 e. The van der Waals surface area contributed by atoms with E-state index in [1.165, 1.54) is 4.90 Å². The maximum atomic E-state index is 12.1. The molecule has 0 unspecified atom stereocenters. The van der Waals surface area contributed by atoms with E-state index in [1.807, 2.05) is 0 Å². The van der Waals surface area contributed by atoms with Gasteiger partial charge in [0.15, 0.2) is 5.69 Å². The van der Waals surface area contributed by atoms with Crippen LogP contribution in [0.15, 0.2) is 6.20 Å². The first-order chi connectivity index (χ1) is 8.71. The number of nitrogens with zero attached hydrogens (tertiary/aromatic N) is 4. The molecule has 0 bridgehead atoms. The standard InChI is InChI=1S/C10H13F3N4O2/c1-16(2)8(18)4-3-5-17-6-7(14-15-17)9(19)10(11,12)13/h6H,3-5H2,1-2H3. The molecule has 0 saturated carbocycles. The van der Waals surface area contributed by atoms with E-state index in [4.69, 9.17) is 0 Å². The number of hydrogen-bond acceptors (Lipinski definition) is 4. The Morgan fingerprint density at radius 3 is 2.53 bits per heavy atom. The third-order valence-corrected chi connectivity index (χ3v) is 2.31. The number of ketones is 1. The molecule has 1 amide bonds. The summed E-state index contributed by atoms with van der Waals surface area (Å²) in [6.45, 7) is 0.220. The fraction of sp³-hybridized carbons (Fsp3) is 0.600. The fourth-order valence-corrected chi connectivity index (χ4v) is 1.27. The van der Waals surface area contributed by atoms with Gasteiger partial charge in [-0.2, -0.15) is 13.2 Å². The molecule has 1 aromatic heterocycles. The van der Waals surface area contributed by atoms with Crippen LogP contribution in [0, 0.1) is 0 Å². The first-order valence-electron chi connectivity index (χ1n) is 5.43.